The fourth-order valence-corrected chi connectivity index (χ4v) is 2.63. The van der Waals surface area contributed by atoms with Crippen molar-refractivity contribution in [1.29, 1.82) is 0 Å². The van der Waals surface area contributed by atoms with Crippen LogP contribution in [-0.4, -0.2) is 94.4 Å². The van der Waals surface area contributed by atoms with Crippen molar-refractivity contribution >= 4 is 17.3 Å². The van der Waals surface area contributed by atoms with E-state index in [4.69, 9.17) is 0 Å². The molecule has 33 heavy (non-hydrogen) atoms. The van der Waals surface area contributed by atoms with Crippen LogP contribution in [-0.2, 0) is 79.5 Å². The van der Waals surface area contributed by atoms with Gasteiger partial charge in [0.1, 0.15) is 17.3 Å². The number of nitrogens with one attached hydrogen (secondary N) is 3. The molecule has 3 aliphatic rings. The van der Waals surface area contributed by atoms with Gasteiger partial charge in [0, 0.05) is 0 Å². The van der Waals surface area contributed by atoms with E-state index in [-0.39, 0.29) is 138 Å². The van der Waals surface area contributed by atoms with Crippen LogP contribution in [0.15, 0.2) is 0 Å². The van der Waals surface area contributed by atoms with Crippen molar-refractivity contribution in [2.24, 2.45) is 0 Å². The first-order valence-corrected chi connectivity index (χ1v) is 9.55. The normalized spacial score (nSPS) is 22.8. The van der Waals surface area contributed by atoms with Gasteiger partial charge in [-0.2, -0.15) is 0 Å². The van der Waals surface area contributed by atoms with E-state index < -0.39 is 0 Å². The number of rotatable bonds is 3. The Balaban J connectivity index is -0.0000000759. The molecular formula is C18H33Cl3N6O3Ti3. The van der Waals surface area contributed by atoms with E-state index >= 15 is 0 Å². The molecule has 9 nitrogen and oxygen atoms in total. The van der Waals surface area contributed by atoms with Gasteiger partial charge in [-0.1, -0.05) is 18.1 Å². The molecule has 3 fully saturated rings. The number of hydrogen-bond donors (Lipinski definition) is 3. The molecular weight excluding hydrogens is 598 g/mol. The maximum absolute atomic E-state index is 10.7. The van der Waals surface area contributed by atoms with Crippen molar-refractivity contribution in [1.82, 2.24) is 16.0 Å². The van der Waals surface area contributed by atoms with Crippen molar-refractivity contribution in [3.8, 4) is 0 Å². The Morgan fingerprint density at radius 2 is 0.758 bits per heavy atom. The molecule has 0 saturated carbocycles. The molecule has 0 amide bonds. The molecule has 3 aliphatic heterocycles. The number of nitrogens with zero attached hydrogens (tertiary/aromatic N) is 3. The van der Waals surface area contributed by atoms with Gasteiger partial charge in [0.05, 0.1) is 0 Å². The molecule has 0 radical (unpaired) electrons. The summed E-state index contributed by atoms with van der Waals surface area (Å²) in [5.41, 5.74) is 0. The molecule has 0 aromatic heterocycles. The topological polar surface area (TPSA) is 130 Å². The van der Waals surface area contributed by atoms with Gasteiger partial charge in [-0.05, 0) is 60.0 Å². The molecule has 3 heterocycles. The Labute approximate surface area is 261 Å². The number of carbonyl (C=O) groups excluding carboxylic acids is 3. The molecule has 3 unspecified atom stereocenters. The summed E-state index contributed by atoms with van der Waals surface area (Å²) in [7, 11) is 0. The fourth-order valence-electron chi connectivity index (χ4n) is 2.63. The van der Waals surface area contributed by atoms with E-state index in [1.54, 1.807) is 20.8 Å². The molecule has 0 bridgehead atoms. The Hall–Kier alpha value is 1.78. The molecule has 3 atom stereocenters. The monoisotopic (exact) mass is 630 g/mol. The fraction of sp³-hybridized carbons (Fsp3) is 0.833. The zero-order valence-corrected chi connectivity index (χ0v) is 26.2. The molecule has 15 heteroatoms. The van der Waals surface area contributed by atoms with E-state index in [1.165, 1.54) is 0 Å². The largest absolute Gasteiger partial charge is 2.00 e. The average molecular weight is 631 g/mol. The summed E-state index contributed by atoms with van der Waals surface area (Å²) in [4.78, 5) is 32.0. The summed E-state index contributed by atoms with van der Waals surface area (Å²) in [5, 5.41) is 21.7. The van der Waals surface area contributed by atoms with E-state index in [0.717, 1.165) is 58.9 Å². The van der Waals surface area contributed by atoms with E-state index in [0.29, 0.717) is 0 Å². The van der Waals surface area contributed by atoms with Crippen LogP contribution < -0.4 is 53.2 Å². The van der Waals surface area contributed by atoms with Crippen LogP contribution in [0, 0.1) is 0 Å². The second-order valence-corrected chi connectivity index (χ2v) is 6.71. The predicted molar refractivity (Wildman–Crippen MR) is 107 cm³/mol. The van der Waals surface area contributed by atoms with Gasteiger partial charge in [-0.25, -0.2) is 0 Å². The van der Waals surface area contributed by atoms with Gasteiger partial charge in [0.25, 0.3) is 0 Å². The third-order valence-corrected chi connectivity index (χ3v) is 4.34. The first-order valence-electron chi connectivity index (χ1n) is 9.55. The second kappa shape index (κ2) is 30.0. The predicted octanol–water partition coefficient (Wildman–Crippen LogP) is -9.23. The van der Waals surface area contributed by atoms with Gasteiger partial charge in [-0.3, -0.25) is 0 Å². The third kappa shape index (κ3) is 23.9. The number of carbonyl (C=O) groups is 3. The molecule has 3 N–H and O–H groups in total. The van der Waals surface area contributed by atoms with Crippen LogP contribution >= 0.6 is 0 Å². The second-order valence-electron chi connectivity index (χ2n) is 6.71. The van der Waals surface area contributed by atoms with Crippen LogP contribution in [0.25, 0.3) is 16.0 Å². The van der Waals surface area contributed by atoms with E-state index in [2.05, 4.69) is 31.9 Å². The summed E-state index contributed by atoms with van der Waals surface area (Å²) in [5.74, 6) is 0.506. The van der Waals surface area contributed by atoms with Crippen molar-refractivity contribution in [3.05, 3.63) is 16.0 Å². The molecule has 186 valence electrons. The Morgan fingerprint density at radius 1 is 0.545 bits per heavy atom. The van der Waals surface area contributed by atoms with Crippen molar-refractivity contribution in [2.75, 3.05) is 58.9 Å². The van der Waals surface area contributed by atoms with Gasteiger partial charge in [-0.15, -0.1) is 19.6 Å². The standard InChI is InChI=1S/3C6H11N2O.3ClH.3Ti/c3*1-5(9)6-4-7-2-3-8-6;;;;;;/h3*6-7H,2-4H2,1H3;3*1H;;;/q3*-1;;;;3*+2/p-3. The number of ketones is 3. The summed E-state index contributed by atoms with van der Waals surface area (Å²) >= 11 is 0. The zero-order chi connectivity index (χ0) is 20.1. The Morgan fingerprint density at radius 3 is 0.848 bits per heavy atom. The van der Waals surface area contributed by atoms with Gasteiger partial charge in [0.15, 0.2) is 0 Å². The SMILES string of the molecule is CC(=O)C1CNCC[N-]1.CC(=O)C1CNCC[N-]1.CC(=O)C1CNCC[N-]1.[Cl-].[Cl-].[Cl-].[Ti+2].[Ti+2].[Ti+2]. The smallest absolute Gasteiger partial charge is 1.00 e. The van der Waals surface area contributed by atoms with Crippen LogP contribution in [0.5, 0.6) is 0 Å². The van der Waals surface area contributed by atoms with Gasteiger partial charge >= 0.3 is 65.2 Å². The summed E-state index contributed by atoms with van der Waals surface area (Å²) in [6.07, 6.45) is 0. The van der Waals surface area contributed by atoms with E-state index in [9.17, 15) is 14.4 Å². The quantitative estimate of drug-likeness (QED) is 0.266. The first kappa shape index (κ1) is 47.9. The average Bonchev–Trinajstić information content (AvgIpc) is 2.71. The Bertz CT molecular complexity index is 418. The summed E-state index contributed by atoms with van der Waals surface area (Å²) in [6, 6.07) is -0.212. The minimum atomic E-state index is -0.0706. The molecule has 0 aromatic rings. The molecule has 3 saturated heterocycles. The first-order chi connectivity index (χ1) is 12.9. The van der Waals surface area contributed by atoms with Crippen LogP contribution in [0.4, 0.5) is 0 Å². The van der Waals surface area contributed by atoms with Gasteiger partial charge < -0.3 is 83.5 Å². The maximum Gasteiger partial charge on any atom is 2.00 e. The maximum atomic E-state index is 10.7. The Kier molecular flexibility index (Phi) is 43.6. The molecule has 3 rings (SSSR count). The minimum absolute atomic E-state index is 0. The van der Waals surface area contributed by atoms with Crippen molar-refractivity contribution in [2.45, 2.75) is 38.9 Å². The molecule has 0 aromatic carbocycles. The third-order valence-electron chi connectivity index (χ3n) is 4.34. The van der Waals surface area contributed by atoms with Gasteiger partial charge in [0.2, 0.25) is 0 Å². The van der Waals surface area contributed by atoms with Crippen LogP contribution in [0.3, 0.4) is 0 Å². The van der Waals surface area contributed by atoms with Crippen molar-refractivity contribution in [3.63, 3.8) is 0 Å². The summed E-state index contributed by atoms with van der Waals surface area (Å²) < 4.78 is 0. The summed E-state index contributed by atoms with van der Waals surface area (Å²) in [6.45, 7) is 12.1. The number of piperazine rings is 3. The molecule has 0 spiro atoms. The molecule has 0 aliphatic carbocycles. The zero-order valence-electron chi connectivity index (χ0n) is 19.3. The van der Waals surface area contributed by atoms with Crippen LogP contribution in [0.1, 0.15) is 20.8 Å². The van der Waals surface area contributed by atoms with Crippen molar-refractivity contribution < 1.29 is 117 Å². The van der Waals surface area contributed by atoms with E-state index in [1.807, 2.05) is 0 Å². The number of Topliss-reactive ketones (excluding diaryl/α,β-unsaturated/α-hetero) is 3. The minimum Gasteiger partial charge on any atom is -1.00 e. The van der Waals surface area contributed by atoms with Crippen LogP contribution in [0.2, 0.25) is 0 Å². The number of halogens is 3. The number of hydrogen-bond acceptors (Lipinski definition) is 6.